The minimum Gasteiger partial charge on any atom is -0.361 e. The number of nitrogens with zero attached hydrogens (tertiary/aromatic N) is 3. The molecule has 5 heteroatoms. The Morgan fingerprint density at radius 2 is 2.19 bits per heavy atom. The van der Waals surface area contributed by atoms with Crippen LogP contribution in [0.3, 0.4) is 0 Å². The third-order valence-corrected chi connectivity index (χ3v) is 3.41. The molecule has 0 bridgehead atoms. The van der Waals surface area contributed by atoms with E-state index in [0.29, 0.717) is 17.9 Å². The van der Waals surface area contributed by atoms with E-state index in [-0.39, 0.29) is 12.3 Å². The standard InChI is InChI=1S/C16H17N3O2/c1-11-15(12(2)21-18-11)8-16(20)19(3)10-14-6-4-5-13(7-14)9-17/h4-7H,8,10H2,1-3H3. The highest BCUT2D eigenvalue weighted by molar-refractivity contribution is 5.79. The zero-order valence-electron chi connectivity index (χ0n) is 12.4. The molecule has 0 radical (unpaired) electrons. The van der Waals surface area contributed by atoms with Crippen LogP contribution >= 0.6 is 0 Å². The first-order chi connectivity index (χ1) is 10.0. The lowest BCUT2D eigenvalue weighted by Crippen LogP contribution is -2.28. The summed E-state index contributed by atoms with van der Waals surface area (Å²) >= 11 is 0. The monoisotopic (exact) mass is 283 g/mol. The molecule has 0 aliphatic carbocycles. The van der Waals surface area contributed by atoms with Crippen molar-refractivity contribution in [2.75, 3.05) is 7.05 Å². The van der Waals surface area contributed by atoms with E-state index in [1.165, 1.54) is 0 Å². The van der Waals surface area contributed by atoms with Crippen molar-refractivity contribution in [2.45, 2.75) is 26.8 Å². The van der Waals surface area contributed by atoms with Gasteiger partial charge in [0.05, 0.1) is 23.7 Å². The Bertz CT molecular complexity index is 678. The predicted molar refractivity (Wildman–Crippen MR) is 77.3 cm³/mol. The Kier molecular flexibility index (Phi) is 4.39. The van der Waals surface area contributed by atoms with E-state index in [2.05, 4.69) is 11.2 Å². The van der Waals surface area contributed by atoms with Crippen LogP contribution in [0, 0.1) is 25.2 Å². The topological polar surface area (TPSA) is 70.1 Å². The smallest absolute Gasteiger partial charge is 0.227 e. The summed E-state index contributed by atoms with van der Waals surface area (Å²) in [6.07, 6.45) is 0.273. The molecule has 1 amide bonds. The summed E-state index contributed by atoms with van der Waals surface area (Å²) in [5.74, 6) is 0.674. The molecule has 2 aromatic rings. The fraction of sp³-hybridized carbons (Fsp3) is 0.312. The van der Waals surface area contributed by atoms with Crippen LogP contribution in [0.1, 0.15) is 28.1 Å². The third-order valence-electron chi connectivity index (χ3n) is 3.41. The zero-order valence-corrected chi connectivity index (χ0v) is 12.4. The number of nitriles is 1. The number of hydrogen-bond acceptors (Lipinski definition) is 4. The fourth-order valence-corrected chi connectivity index (χ4v) is 2.14. The van der Waals surface area contributed by atoms with Crippen LogP contribution in [0.4, 0.5) is 0 Å². The van der Waals surface area contributed by atoms with Gasteiger partial charge in [-0.05, 0) is 31.5 Å². The van der Waals surface area contributed by atoms with Gasteiger partial charge in [-0.15, -0.1) is 0 Å². The van der Waals surface area contributed by atoms with Gasteiger partial charge in [0.2, 0.25) is 5.91 Å². The van der Waals surface area contributed by atoms with Crippen LogP contribution in [-0.2, 0) is 17.8 Å². The van der Waals surface area contributed by atoms with Crippen LogP contribution in [0.25, 0.3) is 0 Å². The van der Waals surface area contributed by atoms with Crippen LogP contribution in [0.2, 0.25) is 0 Å². The van der Waals surface area contributed by atoms with Gasteiger partial charge in [0.1, 0.15) is 5.76 Å². The Morgan fingerprint density at radius 1 is 1.43 bits per heavy atom. The molecule has 0 aliphatic rings. The van der Waals surface area contributed by atoms with E-state index in [1.807, 2.05) is 19.1 Å². The van der Waals surface area contributed by atoms with Gasteiger partial charge in [-0.1, -0.05) is 17.3 Å². The Morgan fingerprint density at radius 3 is 2.81 bits per heavy atom. The van der Waals surface area contributed by atoms with E-state index in [9.17, 15) is 4.79 Å². The summed E-state index contributed by atoms with van der Waals surface area (Å²) in [5, 5.41) is 12.7. The number of likely N-dealkylation sites (N-methyl/N-ethyl adjacent to an activating group) is 1. The van der Waals surface area contributed by atoms with Crippen molar-refractivity contribution < 1.29 is 9.32 Å². The highest BCUT2D eigenvalue weighted by Crippen LogP contribution is 2.14. The summed E-state index contributed by atoms with van der Waals surface area (Å²) < 4.78 is 5.07. The summed E-state index contributed by atoms with van der Waals surface area (Å²) in [4.78, 5) is 13.9. The highest BCUT2D eigenvalue weighted by Gasteiger charge is 2.16. The Balaban J connectivity index is 2.04. The van der Waals surface area contributed by atoms with Gasteiger partial charge in [-0.25, -0.2) is 0 Å². The predicted octanol–water partition coefficient (Wildman–Crippen LogP) is 2.36. The Hall–Kier alpha value is -2.61. The van der Waals surface area contributed by atoms with E-state index in [4.69, 9.17) is 9.78 Å². The van der Waals surface area contributed by atoms with Gasteiger partial charge < -0.3 is 9.42 Å². The maximum Gasteiger partial charge on any atom is 0.227 e. The molecule has 1 heterocycles. The summed E-state index contributed by atoms with van der Waals surface area (Å²) in [7, 11) is 1.75. The van der Waals surface area contributed by atoms with Gasteiger partial charge in [-0.2, -0.15) is 5.26 Å². The Labute approximate surface area is 123 Å². The number of carbonyl (C=O) groups is 1. The van der Waals surface area contributed by atoms with Gasteiger partial charge >= 0.3 is 0 Å². The van der Waals surface area contributed by atoms with Gasteiger partial charge in [0.15, 0.2) is 0 Å². The fourth-order valence-electron chi connectivity index (χ4n) is 2.14. The number of aryl methyl sites for hydroxylation is 2. The number of aromatic nitrogens is 1. The van der Waals surface area contributed by atoms with Crippen LogP contribution in [-0.4, -0.2) is 23.0 Å². The lowest BCUT2D eigenvalue weighted by molar-refractivity contribution is -0.129. The van der Waals surface area contributed by atoms with Crippen molar-refractivity contribution in [3.63, 3.8) is 0 Å². The van der Waals surface area contributed by atoms with Gasteiger partial charge in [-0.3, -0.25) is 4.79 Å². The molecule has 0 atom stereocenters. The van der Waals surface area contributed by atoms with Crippen LogP contribution < -0.4 is 0 Å². The maximum atomic E-state index is 12.3. The quantitative estimate of drug-likeness (QED) is 0.863. The number of hydrogen-bond donors (Lipinski definition) is 0. The lowest BCUT2D eigenvalue weighted by atomic mass is 10.1. The molecule has 0 fully saturated rings. The number of benzene rings is 1. The van der Waals surface area contributed by atoms with E-state index in [0.717, 1.165) is 16.8 Å². The minimum atomic E-state index is -0.00763. The van der Waals surface area contributed by atoms with Crippen molar-refractivity contribution in [3.05, 3.63) is 52.4 Å². The molecular weight excluding hydrogens is 266 g/mol. The molecule has 0 saturated heterocycles. The highest BCUT2D eigenvalue weighted by atomic mass is 16.5. The molecule has 2 rings (SSSR count). The summed E-state index contributed by atoms with van der Waals surface area (Å²) in [5.41, 5.74) is 3.13. The largest absolute Gasteiger partial charge is 0.361 e. The third kappa shape index (κ3) is 3.48. The molecule has 5 nitrogen and oxygen atoms in total. The van der Waals surface area contributed by atoms with Gasteiger partial charge in [0, 0.05) is 19.2 Å². The molecule has 0 unspecified atom stereocenters. The second-order valence-electron chi connectivity index (χ2n) is 5.04. The normalized spacial score (nSPS) is 10.2. The van der Waals surface area contributed by atoms with Gasteiger partial charge in [0.25, 0.3) is 0 Å². The lowest BCUT2D eigenvalue weighted by Gasteiger charge is -2.17. The average molecular weight is 283 g/mol. The maximum absolute atomic E-state index is 12.3. The summed E-state index contributed by atoms with van der Waals surface area (Å²) in [6.45, 7) is 4.10. The average Bonchev–Trinajstić information content (AvgIpc) is 2.79. The second-order valence-corrected chi connectivity index (χ2v) is 5.04. The van der Waals surface area contributed by atoms with E-state index in [1.54, 1.807) is 31.0 Å². The number of rotatable bonds is 4. The first-order valence-corrected chi connectivity index (χ1v) is 6.66. The molecule has 0 spiro atoms. The molecule has 108 valence electrons. The molecule has 1 aromatic carbocycles. The molecule has 0 N–H and O–H groups in total. The zero-order chi connectivity index (χ0) is 15.4. The van der Waals surface area contributed by atoms with Crippen molar-refractivity contribution in [1.29, 1.82) is 5.26 Å². The molecule has 0 saturated carbocycles. The van der Waals surface area contributed by atoms with Crippen molar-refractivity contribution in [2.24, 2.45) is 0 Å². The molecular formula is C16H17N3O2. The summed E-state index contributed by atoms with van der Waals surface area (Å²) in [6, 6.07) is 9.36. The first-order valence-electron chi connectivity index (χ1n) is 6.66. The van der Waals surface area contributed by atoms with E-state index >= 15 is 0 Å². The van der Waals surface area contributed by atoms with Crippen LogP contribution in [0.15, 0.2) is 28.8 Å². The molecule has 0 aliphatic heterocycles. The van der Waals surface area contributed by atoms with Crippen molar-refractivity contribution in [3.8, 4) is 6.07 Å². The SMILES string of the molecule is Cc1noc(C)c1CC(=O)N(C)Cc1cccc(C#N)c1. The van der Waals surface area contributed by atoms with Crippen LogP contribution in [0.5, 0.6) is 0 Å². The molecule has 21 heavy (non-hydrogen) atoms. The number of amides is 1. The van der Waals surface area contributed by atoms with E-state index < -0.39 is 0 Å². The second kappa shape index (κ2) is 6.23. The first kappa shape index (κ1) is 14.8. The van der Waals surface area contributed by atoms with Crippen molar-refractivity contribution in [1.82, 2.24) is 10.1 Å². The molecule has 1 aromatic heterocycles. The minimum absolute atomic E-state index is 0.00763. The number of carbonyl (C=O) groups excluding carboxylic acids is 1. The van der Waals surface area contributed by atoms with Crippen molar-refractivity contribution >= 4 is 5.91 Å².